The van der Waals surface area contributed by atoms with Crippen LogP contribution in [0.1, 0.15) is 111 Å². The maximum absolute atomic E-state index is 12.9. The summed E-state index contributed by atoms with van der Waals surface area (Å²) in [6, 6.07) is 35.0. The number of hydrogen-bond donors (Lipinski definition) is 0. The van der Waals surface area contributed by atoms with Gasteiger partial charge in [0.1, 0.15) is 0 Å². The van der Waals surface area contributed by atoms with Crippen molar-refractivity contribution in [3.8, 4) is 0 Å². The van der Waals surface area contributed by atoms with Crippen LogP contribution < -0.4 is 0 Å². The third-order valence-electron chi connectivity index (χ3n) is 10.0. The molecule has 0 saturated carbocycles. The summed E-state index contributed by atoms with van der Waals surface area (Å²) in [5.74, 6) is -0.811. The van der Waals surface area contributed by atoms with Crippen LogP contribution in [-0.4, -0.2) is 26.2 Å². The predicted octanol–water partition coefficient (Wildman–Crippen LogP) is 7.23. The van der Waals surface area contributed by atoms with E-state index in [1.165, 1.54) is 69.9 Å². The Morgan fingerprint density at radius 1 is 0.405 bits per heavy atom. The smallest absolute Gasteiger partial charge is 0.338 e. The number of esters is 2. The van der Waals surface area contributed by atoms with E-state index in [9.17, 15) is 9.59 Å². The third-order valence-corrected chi connectivity index (χ3v) is 10.0. The van der Waals surface area contributed by atoms with Gasteiger partial charge >= 0.3 is 11.9 Å². The van der Waals surface area contributed by atoms with Crippen molar-refractivity contribution in [3.63, 3.8) is 0 Å². The molecule has 0 amide bonds. The normalized spacial score (nSPS) is 20.8. The molecule has 0 spiro atoms. The molecule has 0 saturated heterocycles. The SMILES string of the molecule is COC(=O)c1cc2c(cc1C(=O)OC)[C@@H]1c3ccccc3[C@H]2c2cc3c(cc21)C1c2ccccc2C3c2ccccc21. The number of carbonyl (C=O) groups is 2. The minimum Gasteiger partial charge on any atom is -0.465 e. The monoisotopic (exact) mass is 546 g/mol. The van der Waals surface area contributed by atoms with Gasteiger partial charge in [-0.15, -0.1) is 0 Å². The van der Waals surface area contributed by atoms with Crippen molar-refractivity contribution < 1.29 is 19.1 Å². The van der Waals surface area contributed by atoms with Gasteiger partial charge in [-0.1, -0.05) is 84.9 Å². The van der Waals surface area contributed by atoms with E-state index in [4.69, 9.17) is 9.47 Å². The Labute approximate surface area is 243 Å². The Morgan fingerprint density at radius 2 is 0.643 bits per heavy atom. The van der Waals surface area contributed by atoms with Crippen LogP contribution in [-0.2, 0) is 9.47 Å². The molecule has 5 aromatic rings. The number of ether oxygens (including phenoxy) is 2. The molecule has 0 unspecified atom stereocenters. The van der Waals surface area contributed by atoms with Crippen molar-refractivity contribution >= 4 is 11.9 Å². The van der Waals surface area contributed by atoms with E-state index in [-0.39, 0.29) is 34.8 Å². The second-order valence-electron chi connectivity index (χ2n) is 11.7. The van der Waals surface area contributed by atoms with E-state index in [0.29, 0.717) is 0 Å². The summed E-state index contributed by atoms with van der Waals surface area (Å²) in [6.07, 6.45) is 0. The summed E-state index contributed by atoms with van der Waals surface area (Å²) in [7, 11) is 2.69. The minimum absolute atomic E-state index is 0.0532. The van der Waals surface area contributed by atoms with Crippen LogP contribution in [0.4, 0.5) is 0 Å². The number of carbonyl (C=O) groups excluding carboxylic acids is 2. The van der Waals surface area contributed by atoms with E-state index in [2.05, 4.69) is 84.9 Å². The predicted molar refractivity (Wildman–Crippen MR) is 159 cm³/mol. The van der Waals surface area contributed by atoms with E-state index in [1.807, 2.05) is 12.1 Å². The Hall–Kier alpha value is -4.96. The largest absolute Gasteiger partial charge is 0.465 e. The fourth-order valence-corrected chi connectivity index (χ4v) is 8.48. The topological polar surface area (TPSA) is 52.6 Å². The molecular formula is C38H26O4. The van der Waals surface area contributed by atoms with Crippen LogP contribution in [0, 0.1) is 0 Å². The highest BCUT2D eigenvalue weighted by molar-refractivity contribution is 6.04. The van der Waals surface area contributed by atoms with Crippen LogP contribution in [0.2, 0.25) is 0 Å². The summed E-state index contributed by atoms with van der Waals surface area (Å²) in [5.41, 5.74) is 16.0. The Bertz CT molecular complexity index is 1850. The zero-order valence-electron chi connectivity index (χ0n) is 23.2. The highest BCUT2D eigenvalue weighted by Crippen LogP contribution is 2.61. The van der Waals surface area contributed by atoms with Crippen molar-refractivity contribution in [3.05, 3.63) is 175 Å². The number of rotatable bonds is 2. The van der Waals surface area contributed by atoms with Crippen molar-refractivity contribution in [2.45, 2.75) is 23.7 Å². The second kappa shape index (κ2) is 8.29. The standard InChI is InChI=1S/C38H26O4/c1-41-37(39)31-17-29-30(18-32(31)38(40)42-2)36-24-14-8-7-13-23(24)35(29)27-15-25-26(16-28(27)36)34-21-11-5-3-9-19(21)33(25)20-10-4-6-12-22(20)34/h3-18,33-36H,1-2H3/t33?,34?,35-,36+. The number of hydrogen-bond acceptors (Lipinski definition) is 4. The van der Waals surface area contributed by atoms with Crippen molar-refractivity contribution in [1.29, 1.82) is 0 Å². The molecule has 0 fully saturated rings. The summed E-state index contributed by atoms with van der Waals surface area (Å²) >= 11 is 0. The first-order chi connectivity index (χ1) is 20.6. The van der Waals surface area contributed by atoms with Crippen LogP contribution in [0.5, 0.6) is 0 Å². The average Bonchev–Trinajstić information content (AvgIpc) is 3.05. The lowest BCUT2D eigenvalue weighted by Gasteiger charge is -2.47. The highest BCUT2D eigenvalue weighted by atomic mass is 16.5. The fraction of sp³-hybridized carbons (Fsp3) is 0.158. The molecule has 0 aliphatic heterocycles. The van der Waals surface area contributed by atoms with E-state index in [0.717, 1.165) is 11.1 Å². The minimum atomic E-state index is -0.538. The Balaban J connectivity index is 1.33. The molecule has 0 aromatic heterocycles. The molecular weight excluding hydrogens is 520 g/mol. The zero-order chi connectivity index (χ0) is 28.3. The molecule has 5 aromatic carbocycles. The van der Waals surface area contributed by atoms with Gasteiger partial charge in [0.2, 0.25) is 0 Å². The van der Waals surface area contributed by atoms with Crippen LogP contribution in [0.3, 0.4) is 0 Å². The van der Waals surface area contributed by atoms with Crippen molar-refractivity contribution in [2.75, 3.05) is 14.2 Å². The summed E-state index contributed by atoms with van der Waals surface area (Å²) < 4.78 is 10.2. The summed E-state index contributed by atoms with van der Waals surface area (Å²) in [4.78, 5) is 25.8. The maximum Gasteiger partial charge on any atom is 0.338 e. The highest BCUT2D eigenvalue weighted by Gasteiger charge is 2.47. The van der Waals surface area contributed by atoms with Gasteiger partial charge in [0.25, 0.3) is 0 Å². The lowest BCUT2D eigenvalue weighted by atomic mass is 9.56. The molecule has 42 heavy (non-hydrogen) atoms. The molecule has 202 valence electrons. The Kier molecular flexibility index (Phi) is 4.68. The number of benzene rings is 5. The molecule has 4 nitrogen and oxygen atoms in total. The molecule has 4 heteroatoms. The van der Waals surface area contributed by atoms with Gasteiger partial charge in [-0.05, 0) is 78.9 Å². The van der Waals surface area contributed by atoms with Gasteiger partial charge in [0.15, 0.2) is 0 Å². The molecule has 0 radical (unpaired) electrons. The average molecular weight is 547 g/mol. The van der Waals surface area contributed by atoms with Crippen LogP contribution >= 0.6 is 0 Å². The molecule has 6 aliphatic carbocycles. The second-order valence-corrected chi connectivity index (χ2v) is 11.7. The summed E-state index contributed by atoms with van der Waals surface area (Å²) in [5, 5.41) is 0. The molecule has 6 aliphatic rings. The maximum atomic E-state index is 12.9. The Morgan fingerprint density at radius 3 is 0.905 bits per heavy atom. The van der Waals surface area contributed by atoms with E-state index < -0.39 is 11.9 Å². The van der Waals surface area contributed by atoms with Gasteiger partial charge in [-0.2, -0.15) is 0 Å². The van der Waals surface area contributed by atoms with Crippen LogP contribution in [0.15, 0.2) is 97.1 Å². The fourth-order valence-electron chi connectivity index (χ4n) is 8.48. The first-order valence-electron chi connectivity index (χ1n) is 14.4. The van der Waals surface area contributed by atoms with E-state index in [1.54, 1.807) is 0 Å². The summed E-state index contributed by atoms with van der Waals surface area (Å²) in [6.45, 7) is 0. The van der Waals surface area contributed by atoms with E-state index >= 15 is 0 Å². The van der Waals surface area contributed by atoms with Gasteiger partial charge in [0, 0.05) is 23.7 Å². The molecule has 0 heterocycles. The third kappa shape index (κ3) is 2.82. The first-order valence-corrected chi connectivity index (χ1v) is 14.4. The van der Waals surface area contributed by atoms with Crippen LogP contribution in [0.25, 0.3) is 0 Å². The van der Waals surface area contributed by atoms with Gasteiger partial charge in [-0.25, -0.2) is 9.59 Å². The molecule has 11 rings (SSSR count). The molecule has 4 bridgehead atoms. The van der Waals surface area contributed by atoms with Gasteiger partial charge < -0.3 is 9.47 Å². The molecule has 2 atom stereocenters. The number of methoxy groups -OCH3 is 2. The molecule has 0 N–H and O–H groups in total. The lowest BCUT2D eigenvalue weighted by molar-refractivity contribution is 0.0555. The first kappa shape index (κ1) is 23.7. The van der Waals surface area contributed by atoms with Gasteiger partial charge in [-0.3, -0.25) is 0 Å². The van der Waals surface area contributed by atoms with Crippen molar-refractivity contribution in [2.24, 2.45) is 0 Å². The quantitative estimate of drug-likeness (QED) is 0.215. The van der Waals surface area contributed by atoms with Gasteiger partial charge in [0.05, 0.1) is 25.3 Å². The van der Waals surface area contributed by atoms with Crippen molar-refractivity contribution in [1.82, 2.24) is 0 Å². The lowest BCUT2D eigenvalue weighted by Crippen LogP contribution is -2.32. The zero-order valence-corrected chi connectivity index (χ0v) is 23.2.